The normalized spacial score (nSPS) is 13.6. The highest BCUT2D eigenvalue weighted by molar-refractivity contribution is 5.97. The van der Waals surface area contributed by atoms with E-state index in [0.717, 1.165) is 50.9 Å². The summed E-state index contributed by atoms with van der Waals surface area (Å²) >= 11 is 0. The Kier molecular flexibility index (Phi) is 9.95. The van der Waals surface area contributed by atoms with Gasteiger partial charge in [-0.2, -0.15) is 0 Å². The molecule has 0 saturated carbocycles. The molecule has 3 amide bonds. The number of benzene rings is 2. The zero-order chi connectivity index (χ0) is 24.2. The van der Waals surface area contributed by atoms with E-state index in [1.807, 2.05) is 23.1 Å². The zero-order valence-electron chi connectivity index (χ0n) is 20.1. The van der Waals surface area contributed by atoms with E-state index < -0.39 is 0 Å². The molecule has 1 fully saturated rings. The maximum absolute atomic E-state index is 12.9. The molecule has 0 aliphatic carbocycles. The molecule has 0 atom stereocenters. The molecule has 0 spiro atoms. The van der Waals surface area contributed by atoms with Crippen LogP contribution in [0, 0.1) is 0 Å². The number of nitrogens with one attached hydrogen (secondary N) is 3. The maximum Gasteiger partial charge on any atom is 0.253 e. The molecule has 0 unspecified atom stereocenters. The minimum absolute atomic E-state index is 0.0202. The predicted molar refractivity (Wildman–Crippen MR) is 137 cm³/mol. The number of unbranched alkanes of at least 4 members (excludes halogenated alkanes) is 2. The second-order valence-electron chi connectivity index (χ2n) is 8.78. The fourth-order valence-corrected chi connectivity index (χ4v) is 4.04. The van der Waals surface area contributed by atoms with Crippen molar-refractivity contribution in [3.05, 3.63) is 54.1 Å². The maximum atomic E-state index is 12.9. The molecule has 34 heavy (non-hydrogen) atoms. The Labute approximate surface area is 202 Å². The van der Waals surface area contributed by atoms with Crippen LogP contribution in [0.5, 0.6) is 0 Å². The van der Waals surface area contributed by atoms with Crippen molar-refractivity contribution in [1.82, 2.24) is 4.90 Å². The second-order valence-corrected chi connectivity index (χ2v) is 8.78. The summed E-state index contributed by atoms with van der Waals surface area (Å²) in [6, 6.07) is 14.4. The monoisotopic (exact) mass is 464 g/mol. The van der Waals surface area contributed by atoms with Crippen molar-refractivity contribution >= 4 is 34.8 Å². The van der Waals surface area contributed by atoms with Crippen LogP contribution in [-0.2, 0) is 9.59 Å². The second kappa shape index (κ2) is 13.4. The molecule has 0 radical (unpaired) electrons. The molecule has 3 N–H and O–H groups in total. The summed E-state index contributed by atoms with van der Waals surface area (Å²) < 4.78 is 0. The first-order valence-electron chi connectivity index (χ1n) is 12.4. The molecule has 2 aromatic rings. The number of amides is 3. The lowest BCUT2D eigenvalue weighted by Crippen LogP contribution is -2.31. The fourth-order valence-electron chi connectivity index (χ4n) is 4.04. The van der Waals surface area contributed by atoms with Crippen molar-refractivity contribution in [2.24, 2.45) is 0 Å². The molecule has 2 aromatic carbocycles. The number of carbonyl (C=O) groups is 3. The van der Waals surface area contributed by atoms with Gasteiger partial charge < -0.3 is 20.9 Å². The van der Waals surface area contributed by atoms with Crippen LogP contribution in [0.4, 0.5) is 17.1 Å². The fraction of sp³-hybridized carbons (Fsp3) is 0.444. The summed E-state index contributed by atoms with van der Waals surface area (Å²) in [6.07, 6.45) is 7.92. The van der Waals surface area contributed by atoms with Gasteiger partial charge in [-0.15, -0.1) is 0 Å². The van der Waals surface area contributed by atoms with E-state index in [1.165, 1.54) is 12.8 Å². The summed E-state index contributed by atoms with van der Waals surface area (Å²) in [5.74, 6) is -0.188. The number of nitrogens with zero attached hydrogens (tertiary/aromatic N) is 1. The van der Waals surface area contributed by atoms with Crippen LogP contribution < -0.4 is 16.0 Å². The molecule has 0 aromatic heterocycles. The van der Waals surface area contributed by atoms with E-state index in [-0.39, 0.29) is 24.3 Å². The molecule has 1 heterocycles. The molecule has 3 rings (SSSR count). The number of likely N-dealkylation sites (tertiary alicyclic amines) is 1. The van der Waals surface area contributed by atoms with Gasteiger partial charge in [-0.3, -0.25) is 14.4 Å². The van der Waals surface area contributed by atoms with Crippen LogP contribution in [0.3, 0.4) is 0 Å². The number of hydrogen-bond donors (Lipinski definition) is 3. The Morgan fingerprint density at radius 1 is 0.794 bits per heavy atom. The first-order valence-corrected chi connectivity index (χ1v) is 12.4. The average Bonchev–Trinajstić information content (AvgIpc) is 3.12. The molecule has 1 saturated heterocycles. The lowest BCUT2D eigenvalue weighted by atomic mass is 10.1. The molecule has 0 bridgehead atoms. The molecular formula is C27H36N4O3. The van der Waals surface area contributed by atoms with Gasteiger partial charge in [0.2, 0.25) is 11.8 Å². The highest BCUT2D eigenvalue weighted by Crippen LogP contribution is 2.18. The van der Waals surface area contributed by atoms with Gasteiger partial charge in [0.05, 0.1) is 6.54 Å². The molecule has 182 valence electrons. The third-order valence-corrected chi connectivity index (χ3v) is 5.89. The van der Waals surface area contributed by atoms with Crippen LogP contribution in [-0.4, -0.2) is 42.3 Å². The number of rotatable bonds is 10. The van der Waals surface area contributed by atoms with Crippen molar-refractivity contribution in [3.63, 3.8) is 0 Å². The van der Waals surface area contributed by atoms with Crippen molar-refractivity contribution in [1.29, 1.82) is 0 Å². The molecule has 7 nitrogen and oxygen atoms in total. The number of carbonyl (C=O) groups excluding carboxylic acids is 3. The van der Waals surface area contributed by atoms with Gasteiger partial charge in [-0.1, -0.05) is 44.7 Å². The standard InChI is InChI=1S/C27H36N4O3/c1-2-3-6-15-25(32)29-23-13-10-14-24(19-23)30-26(33)20-28-22-12-9-11-21(18-22)27(34)31-16-7-4-5-8-17-31/h9-14,18-19,28H,2-8,15-17,20H2,1H3,(H,29,32)(H,30,33). The van der Waals surface area contributed by atoms with Gasteiger partial charge in [0.15, 0.2) is 0 Å². The number of hydrogen-bond acceptors (Lipinski definition) is 4. The van der Waals surface area contributed by atoms with Crippen molar-refractivity contribution in [2.45, 2.75) is 58.3 Å². The van der Waals surface area contributed by atoms with Gasteiger partial charge >= 0.3 is 0 Å². The molecule has 1 aliphatic heterocycles. The Bertz CT molecular complexity index is 968. The number of anilines is 3. The van der Waals surface area contributed by atoms with Gasteiger partial charge in [0.25, 0.3) is 5.91 Å². The first-order chi connectivity index (χ1) is 16.5. The van der Waals surface area contributed by atoms with E-state index in [0.29, 0.717) is 23.4 Å². The summed E-state index contributed by atoms with van der Waals surface area (Å²) in [4.78, 5) is 39.3. The third-order valence-electron chi connectivity index (χ3n) is 5.89. The largest absolute Gasteiger partial charge is 0.376 e. The third kappa shape index (κ3) is 8.21. The van der Waals surface area contributed by atoms with Gasteiger partial charge in [0, 0.05) is 42.1 Å². The van der Waals surface area contributed by atoms with E-state index in [2.05, 4.69) is 22.9 Å². The van der Waals surface area contributed by atoms with Gasteiger partial charge in [0.1, 0.15) is 0 Å². The van der Waals surface area contributed by atoms with E-state index in [4.69, 9.17) is 0 Å². The van der Waals surface area contributed by atoms with Crippen molar-refractivity contribution in [2.75, 3.05) is 35.6 Å². The van der Waals surface area contributed by atoms with E-state index >= 15 is 0 Å². The lowest BCUT2D eigenvalue weighted by Gasteiger charge is -2.20. The quantitative estimate of drug-likeness (QED) is 0.418. The van der Waals surface area contributed by atoms with E-state index in [1.54, 1.807) is 30.3 Å². The SMILES string of the molecule is CCCCCC(=O)Nc1cccc(NC(=O)CNc2cccc(C(=O)N3CCCCCC3)c2)c1. The lowest BCUT2D eigenvalue weighted by molar-refractivity contribution is -0.116. The molecule has 1 aliphatic rings. The van der Waals surface area contributed by atoms with E-state index in [9.17, 15) is 14.4 Å². The van der Waals surface area contributed by atoms with Crippen LogP contribution >= 0.6 is 0 Å². The Hall–Kier alpha value is -3.35. The summed E-state index contributed by atoms with van der Waals surface area (Å²) in [7, 11) is 0. The van der Waals surface area contributed by atoms with Crippen LogP contribution in [0.25, 0.3) is 0 Å². The molecular weight excluding hydrogens is 428 g/mol. The smallest absolute Gasteiger partial charge is 0.253 e. The minimum Gasteiger partial charge on any atom is -0.376 e. The summed E-state index contributed by atoms with van der Waals surface area (Å²) in [5, 5.41) is 8.82. The topological polar surface area (TPSA) is 90.5 Å². The first kappa shape index (κ1) is 25.3. The zero-order valence-corrected chi connectivity index (χ0v) is 20.1. The highest BCUT2D eigenvalue weighted by Gasteiger charge is 2.17. The Balaban J connectivity index is 1.50. The van der Waals surface area contributed by atoms with Crippen molar-refractivity contribution < 1.29 is 14.4 Å². The Morgan fingerprint density at radius 3 is 2.15 bits per heavy atom. The Morgan fingerprint density at radius 2 is 1.44 bits per heavy atom. The van der Waals surface area contributed by atoms with Crippen molar-refractivity contribution in [3.8, 4) is 0 Å². The van der Waals surface area contributed by atoms with Gasteiger partial charge in [-0.05, 0) is 55.7 Å². The highest BCUT2D eigenvalue weighted by atomic mass is 16.2. The van der Waals surface area contributed by atoms with Gasteiger partial charge in [-0.25, -0.2) is 0 Å². The summed E-state index contributed by atoms with van der Waals surface area (Å²) in [6.45, 7) is 3.77. The van der Waals surface area contributed by atoms with Crippen LogP contribution in [0.15, 0.2) is 48.5 Å². The minimum atomic E-state index is -0.212. The van der Waals surface area contributed by atoms with Crippen LogP contribution in [0.1, 0.15) is 68.6 Å². The average molecular weight is 465 g/mol. The summed E-state index contributed by atoms with van der Waals surface area (Å²) in [5.41, 5.74) is 2.63. The predicted octanol–water partition coefficient (Wildman–Crippen LogP) is 5.27. The molecule has 7 heteroatoms. The van der Waals surface area contributed by atoms with Crippen LogP contribution in [0.2, 0.25) is 0 Å².